The molecule has 4 aromatic rings. The summed E-state index contributed by atoms with van der Waals surface area (Å²) in [6.45, 7) is 2.37. The molecule has 0 saturated heterocycles. The zero-order valence-corrected chi connectivity index (χ0v) is 25.2. The van der Waals surface area contributed by atoms with Crippen LogP contribution in [0.3, 0.4) is 0 Å². The number of nitrogens with zero attached hydrogens (tertiary/aromatic N) is 2. The second-order valence-electron chi connectivity index (χ2n) is 8.79. The number of esters is 1. The van der Waals surface area contributed by atoms with Crippen molar-refractivity contribution >= 4 is 55.2 Å². The summed E-state index contributed by atoms with van der Waals surface area (Å²) in [5.74, 6) is 0.189. The van der Waals surface area contributed by atoms with Crippen LogP contribution in [0.15, 0.2) is 103 Å². The number of hydrogen-bond donors (Lipinski definition) is 0. The van der Waals surface area contributed by atoms with Crippen molar-refractivity contribution in [3.8, 4) is 5.75 Å². The fourth-order valence-corrected chi connectivity index (χ4v) is 6.97. The van der Waals surface area contributed by atoms with Crippen molar-refractivity contribution in [3.05, 3.63) is 129 Å². The Morgan fingerprint density at radius 2 is 1.69 bits per heavy atom. The van der Waals surface area contributed by atoms with Crippen LogP contribution in [0.1, 0.15) is 36.1 Å². The van der Waals surface area contributed by atoms with Gasteiger partial charge < -0.3 is 9.47 Å². The van der Waals surface area contributed by atoms with E-state index in [4.69, 9.17) is 14.5 Å². The molecule has 39 heavy (non-hydrogen) atoms. The summed E-state index contributed by atoms with van der Waals surface area (Å²) in [6, 6.07) is 22.6. The van der Waals surface area contributed by atoms with Crippen LogP contribution >= 0.6 is 43.2 Å². The average Bonchev–Trinajstić information content (AvgIpc) is 3.26. The van der Waals surface area contributed by atoms with E-state index in [9.17, 15) is 9.59 Å². The van der Waals surface area contributed by atoms with Gasteiger partial charge in [0.05, 0.1) is 37.9 Å². The minimum Gasteiger partial charge on any atom is -0.487 e. The van der Waals surface area contributed by atoms with Crippen molar-refractivity contribution in [1.82, 2.24) is 4.57 Å². The topological polar surface area (TPSA) is 69.9 Å². The minimum absolute atomic E-state index is 0.221. The molecule has 0 amide bonds. The maximum Gasteiger partial charge on any atom is 0.338 e. The lowest BCUT2D eigenvalue weighted by Gasteiger charge is -2.25. The van der Waals surface area contributed by atoms with Gasteiger partial charge in [0.15, 0.2) is 4.80 Å². The molecular weight excluding hydrogens is 644 g/mol. The molecule has 1 aromatic heterocycles. The van der Waals surface area contributed by atoms with Crippen molar-refractivity contribution < 1.29 is 14.3 Å². The second kappa shape index (κ2) is 11.9. The molecule has 1 aliphatic heterocycles. The molecule has 198 valence electrons. The molecule has 9 heteroatoms. The van der Waals surface area contributed by atoms with Crippen LogP contribution in [0.4, 0.5) is 0 Å². The van der Waals surface area contributed by atoms with Crippen LogP contribution in [0.5, 0.6) is 5.75 Å². The molecule has 2 heterocycles. The van der Waals surface area contributed by atoms with E-state index >= 15 is 0 Å². The number of fused-ring (bicyclic) bond motifs is 1. The summed E-state index contributed by atoms with van der Waals surface area (Å²) in [7, 11) is 1.35. The highest BCUT2D eigenvalue weighted by Gasteiger charge is 2.33. The predicted octanol–water partition coefficient (Wildman–Crippen LogP) is 5.90. The Balaban J connectivity index is 1.58. The lowest BCUT2D eigenvalue weighted by atomic mass is 9.95. The summed E-state index contributed by atoms with van der Waals surface area (Å²) in [6.07, 6.45) is 2.36. The Hall–Kier alpha value is -3.27. The van der Waals surface area contributed by atoms with Crippen molar-refractivity contribution in [2.45, 2.75) is 26.0 Å². The van der Waals surface area contributed by atoms with Crippen molar-refractivity contribution in [1.29, 1.82) is 0 Å². The van der Waals surface area contributed by atoms with Gasteiger partial charge in [0.25, 0.3) is 5.56 Å². The quantitative estimate of drug-likeness (QED) is 0.230. The largest absolute Gasteiger partial charge is 0.487 e. The third-order valence-electron chi connectivity index (χ3n) is 6.31. The number of carbonyl (C=O) groups is 1. The third kappa shape index (κ3) is 5.57. The number of ether oxygens (including phenoxy) is 2. The Morgan fingerprint density at radius 1 is 1.05 bits per heavy atom. The van der Waals surface area contributed by atoms with Crippen molar-refractivity contribution in [3.63, 3.8) is 0 Å². The molecule has 0 saturated carbocycles. The van der Waals surface area contributed by atoms with Gasteiger partial charge in [-0.25, -0.2) is 9.79 Å². The maximum atomic E-state index is 13.8. The SMILES string of the molecule is CCC1=C(C(=O)OC)[C@H](c2ccccc2)n2c(s/c(=C\c3cc(Br)c(OCc4ccccc4)c(Br)c3)c2=O)=N1. The molecule has 0 bridgehead atoms. The first-order chi connectivity index (χ1) is 18.9. The van der Waals surface area contributed by atoms with E-state index in [-0.39, 0.29) is 5.56 Å². The maximum absolute atomic E-state index is 13.8. The number of carbonyl (C=O) groups excluding carboxylic acids is 1. The van der Waals surface area contributed by atoms with Gasteiger partial charge in [-0.2, -0.15) is 0 Å². The van der Waals surface area contributed by atoms with Gasteiger partial charge in [-0.1, -0.05) is 78.9 Å². The van der Waals surface area contributed by atoms with Crippen LogP contribution in [0, 0.1) is 0 Å². The Morgan fingerprint density at radius 3 is 2.31 bits per heavy atom. The highest BCUT2D eigenvalue weighted by atomic mass is 79.9. The fraction of sp³-hybridized carbons (Fsp3) is 0.167. The molecule has 6 nitrogen and oxygen atoms in total. The molecule has 0 spiro atoms. The van der Waals surface area contributed by atoms with Gasteiger partial charge in [-0.15, -0.1) is 0 Å². The van der Waals surface area contributed by atoms with Gasteiger partial charge in [0, 0.05) is 0 Å². The van der Waals surface area contributed by atoms with Gasteiger partial charge in [0.1, 0.15) is 12.4 Å². The van der Waals surface area contributed by atoms with Gasteiger partial charge in [-0.05, 0) is 73.2 Å². The Labute approximate surface area is 246 Å². The summed E-state index contributed by atoms with van der Waals surface area (Å²) in [4.78, 5) is 32.0. The highest BCUT2D eigenvalue weighted by Crippen LogP contribution is 2.36. The number of thiazole rings is 1. The van der Waals surface area contributed by atoms with E-state index in [2.05, 4.69) is 31.9 Å². The van der Waals surface area contributed by atoms with Crippen molar-refractivity contribution in [2.24, 2.45) is 4.99 Å². The molecular formula is C30H24Br2N2O4S. The van der Waals surface area contributed by atoms with Gasteiger partial charge in [-0.3, -0.25) is 9.36 Å². The third-order valence-corrected chi connectivity index (χ3v) is 8.47. The highest BCUT2D eigenvalue weighted by molar-refractivity contribution is 9.11. The number of aromatic nitrogens is 1. The minimum atomic E-state index is -0.626. The molecule has 0 radical (unpaired) electrons. The molecule has 5 rings (SSSR count). The van der Waals surface area contributed by atoms with Crippen LogP contribution in [-0.4, -0.2) is 17.6 Å². The molecule has 0 aliphatic carbocycles. The smallest absolute Gasteiger partial charge is 0.338 e. The zero-order chi connectivity index (χ0) is 27.5. The number of methoxy groups -OCH3 is 1. The number of rotatable bonds is 7. The number of halogens is 2. The first-order valence-electron chi connectivity index (χ1n) is 12.2. The molecule has 0 N–H and O–H groups in total. The molecule has 1 atom stereocenters. The summed E-state index contributed by atoms with van der Waals surface area (Å²) < 4.78 is 14.8. The summed E-state index contributed by atoms with van der Waals surface area (Å²) >= 11 is 8.54. The van der Waals surface area contributed by atoms with Crippen LogP contribution in [0.25, 0.3) is 6.08 Å². The summed E-state index contributed by atoms with van der Waals surface area (Å²) in [5.41, 5.74) is 3.47. The normalized spacial score (nSPS) is 15.1. The van der Waals surface area contributed by atoms with Gasteiger partial charge in [0.2, 0.25) is 0 Å². The van der Waals surface area contributed by atoms with E-state index < -0.39 is 12.0 Å². The lowest BCUT2D eigenvalue weighted by molar-refractivity contribution is -0.136. The lowest BCUT2D eigenvalue weighted by Crippen LogP contribution is -2.40. The van der Waals surface area contributed by atoms with E-state index in [1.165, 1.54) is 18.4 Å². The van der Waals surface area contributed by atoms with E-state index in [0.717, 1.165) is 25.6 Å². The predicted molar refractivity (Wildman–Crippen MR) is 159 cm³/mol. The Bertz CT molecular complexity index is 1720. The van der Waals surface area contributed by atoms with Crippen LogP contribution in [0.2, 0.25) is 0 Å². The standard InChI is InChI=1S/C30H24Br2N2O4S/c1-3-23-25(29(36)37-2)26(20-12-8-5-9-13-20)34-28(35)24(39-30(34)33-23)16-19-14-21(31)27(22(32)15-19)38-17-18-10-6-4-7-11-18/h4-16,26H,3,17H2,1-2H3/b24-16-/t26-/m0/s1. The second-order valence-corrected chi connectivity index (χ2v) is 11.5. The Kier molecular flexibility index (Phi) is 8.30. The van der Waals surface area contributed by atoms with E-state index in [1.807, 2.05) is 85.8 Å². The van der Waals surface area contributed by atoms with Crippen LogP contribution < -0.4 is 19.6 Å². The molecule has 3 aromatic carbocycles. The van der Waals surface area contributed by atoms with Gasteiger partial charge >= 0.3 is 5.97 Å². The zero-order valence-electron chi connectivity index (χ0n) is 21.2. The first-order valence-corrected chi connectivity index (χ1v) is 14.6. The van der Waals surface area contributed by atoms with E-state index in [1.54, 1.807) is 4.57 Å². The van der Waals surface area contributed by atoms with E-state index in [0.29, 0.717) is 39.4 Å². The average molecular weight is 668 g/mol. The number of allylic oxidation sites excluding steroid dienone is 1. The number of benzene rings is 3. The number of hydrogen-bond acceptors (Lipinski definition) is 6. The molecule has 1 aliphatic rings. The fourth-order valence-electron chi connectivity index (χ4n) is 4.50. The monoisotopic (exact) mass is 666 g/mol. The van der Waals surface area contributed by atoms with Crippen molar-refractivity contribution in [2.75, 3.05) is 7.11 Å². The molecule has 0 unspecified atom stereocenters. The summed E-state index contributed by atoms with van der Waals surface area (Å²) in [5, 5.41) is 0. The molecule has 0 fully saturated rings. The first kappa shape index (κ1) is 27.3. The van der Waals surface area contributed by atoms with Crippen LogP contribution in [-0.2, 0) is 16.1 Å².